The van der Waals surface area contributed by atoms with Gasteiger partial charge in [0, 0.05) is 11.9 Å². The number of aromatic nitrogens is 2. The van der Waals surface area contributed by atoms with Gasteiger partial charge in [-0.05, 0) is 32.4 Å². The van der Waals surface area contributed by atoms with Gasteiger partial charge in [0.1, 0.15) is 5.03 Å². The number of oxime groups is 1. The molecule has 1 aromatic heterocycles. The predicted octanol–water partition coefficient (Wildman–Crippen LogP) is 2.59. The number of hydrogen-bond donors (Lipinski definition) is 2. The minimum atomic E-state index is 0.0860. The maximum absolute atomic E-state index is 8.92. The highest BCUT2D eigenvalue weighted by Crippen LogP contribution is 2.33. The van der Waals surface area contributed by atoms with Gasteiger partial charge >= 0.3 is 0 Å². The SMILES string of the molecule is Cc1ccc(Sc2c(C(N)=NO)c(C)nn2C)c(C)c1. The van der Waals surface area contributed by atoms with E-state index in [-0.39, 0.29) is 5.84 Å². The van der Waals surface area contributed by atoms with Crippen LogP contribution in [0.25, 0.3) is 0 Å². The van der Waals surface area contributed by atoms with Gasteiger partial charge in [0.15, 0.2) is 5.84 Å². The monoisotopic (exact) mass is 290 g/mol. The van der Waals surface area contributed by atoms with Crippen molar-refractivity contribution in [1.29, 1.82) is 0 Å². The van der Waals surface area contributed by atoms with Crippen molar-refractivity contribution in [3.05, 3.63) is 40.6 Å². The van der Waals surface area contributed by atoms with Gasteiger partial charge < -0.3 is 10.9 Å². The van der Waals surface area contributed by atoms with E-state index in [0.29, 0.717) is 5.56 Å². The maximum Gasteiger partial charge on any atom is 0.174 e. The quantitative estimate of drug-likeness (QED) is 0.394. The van der Waals surface area contributed by atoms with Gasteiger partial charge in [-0.2, -0.15) is 5.10 Å². The summed E-state index contributed by atoms with van der Waals surface area (Å²) in [5.74, 6) is 0.0860. The molecule has 0 atom stereocenters. The Morgan fingerprint density at radius 3 is 2.65 bits per heavy atom. The van der Waals surface area contributed by atoms with E-state index in [1.54, 1.807) is 16.4 Å². The van der Waals surface area contributed by atoms with Crippen molar-refractivity contribution in [2.24, 2.45) is 17.9 Å². The van der Waals surface area contributed by atoms with Gasteiger partial charge in [-0.3, -0.25) is 4.68 Å². The van der Waals surface area contributed by atoms with E-state index in [9.17, 15) is 0 Å². The molecule has 106 valence electrons. The third-order valence-corrected chi connectivity index (χ3v) is 4.41. The lowest BCUT2D eigenvalue weighted by Crippen LogP contribution is -2.15. The van der Waals surface area contributed by atoms with Crippen LogP contribution in [0.2, 0.25) is 0 Å². The minimum Gasteiger partial charge on any atom is -0.409 e. The summed E-state index contributed by atoms with van der Waals surface area (Å²) in [6, 6.07) is 6.28. The van der Waals surface area contributed by atoms with Crippen molar-refractivity contribution in [3.8, 4) is 0 Å². The van der Waals surface area contributed by atoms with Crippen LogP contribution < -0.4 is 5.73 Å². The number of rotatable bonds is 3. The first-order valence-electron chi connectivity index (χ1n) is 6.20. The van der Waals surface area contributed by atoms with E-state index in [4.69, 9.17) is 10.9 Å². The number of nitrogens with zero attached hydrogens (tertiary/aromatic N) is 3. The number of hydrogen-bond acceptors (Lipinski definition) is 4. The molecule has 2 rings (SSSR count). The molecule has 2 aromatic rings. The van der Waals surface area contributed by atoms with Crippen molar-refractivity contribution in [2.45, 2.75) is 30.7 Å². The molecule has 1 heterocycles. The summed E-state index contributed by atoms with van der Waals surface area (Å²) in [4.78, 5) is 1.13. The third-order valence-electron chi connectivity index (χ3n) is 3.07. The Morgan fingerprint density at radius 2 is 2.05 bits per heavy atom. The number of nitrogens with two attached hydrogens (primary N) is 1. The Morgan fingerprint density at radius 1 is 1.35 bits per heavy atom. The molecule has 0 aliphatic rings. The second-order valence-electron chi connectivity index (χ2n) is 4.75. The van der Waals surface area contributed by atoms with Crippen molar-refractivity contribution in [2.75, 3.05) is 0 Å². The van der Waals surface area contributed by atoms with E-state index in [1.807, 2.05) is 14.0 Å². The molecule has 0 fully saturated rings. The zero-order valence-corrected chi connectivity index (χ0v) is 12.8. The largest absolute Gasteiger partial charge is 0.409 e. The standard InChI is InChI=1S/C14H18N4OS/c1-8-5-6-11(9(2)7-8)20-14-12(13(15)17-19)10(3)16-18(14)4/h5-7,19H,1-4H3,(H2,15,17). The molecule has 0 radical (unpaired) electrons. The van der Waals surface area contributed by atoms with E-state index < -0.39 is 0 Å². The second-order valence-corrected chi connectivity index (χ2v) is 5.78. The average molecular weight is 290 g/mol. The van der Waals surface area contributed by atoms with Gasteiger partial charge in [0.25, 0.3) is 0 Å². The van der Waals surface area contributed by atoms with E-state index >= 15 is 0 Å². The van der Waals surface area contributed by atoms with Crippen molar-refractivity contribution < 1.29 is 5.21 Å². The molecule has 0 aliphatic carbocycles. The summed E-state index contributed by atoms with van der Waals surface area (Å²) in [5, 5.41) is 17.2. The van der Waals surface area contributed by atoms with Crippen LogP contribution in [-0.2, 0) is 7.05 Å². The molecule has 0 aliphatic heterocycles. The van der Waals surface area contributed by atoms with Gasteiger partial charge in [0.2, 0.25) is 0 Å². The molecular weight excluding hydrogens is 272 g/mol. The number of benzene rings is 1. The summed E-state index contributed by atoms with van der Waals surface area (Å²) in [6.07, 6.45) is 0. The van der Waals surface area contributed by atoms with E-state index in [2.05, 4.69) is 42.3 Å². The van der Waals surface area contributed by atoms with Crippen LogP contribution in [-0.4, -0.2) is 20.8 Å². The third kappa shape index (κ3) is 2.65. The fraction of sp³-hybridized carbons (Fsp3) is 0.286. The molecule has 1 aromatic carbocycles. The fourth-order valence-electron chi connectivity index (χ4n) is 2.12. The van der Waals surface area contributed by atoms with Gasteiger partial charge in [-0.1, -0.05) is 34.6 Å². The first-order valence-corrected chi connectivity index (χ1v) is 7.02. The lowest BCUT2D eigenvalue weighted by molar-refractivity contribution is 0.318. The minimum absolute atomic E-state index is 0.0860. The van der Waals surface area contributed by atoms with Crippen LogP contribution >= 0.6 is 11.8 Å². The van der Waals surface area contributed by atoms with Crippen LogP contribution in [0.3, 0.4) is 0 Å². The predicted molar refractivity (Wildman–Crippen MR) is 80.5 cm³/mol. The Balaban J connectivity index is 2.48. The first-order chi connectivity index (χ1) is 9.43. The van der Waals surface area contributed by atoms with E-state index in [0.717, 1.165) is 15.6 Å². The summed E-state index contributed by atoms with van der Waals surface area (Å²) in [5.41, 5.74) is 9.60. The van der Waals surface area contributed by atoms with Gasteiger partial charge in [-0.25, -0.2) is 0 Å². The van der Waals surface area contributed by atoms with Crippen LogP contribution in [0.15, 0.2) is 33.3 Å². The van der Waals surface area contributed by atoms with Crippen LogP contribution in [0.5, 0.6) is 0 Å². The summed E-state index contributed by atoms with van der Waals surface area (Å²) < 4.78 is 1.76. The average Bonchev–Trinajstić information content (AvgIpc) is 2.66. The molecule has 0 unspecified atom stereocenters. The van der Waals surface area contributed by atoms with Crippen LogP contribution in [0.4, 0.5) is 0 Å². The lowest BCUT2D eigenvalue weighted by Gasteiger charge is -2.08. The highest BCUT2D eigenvalue weighted by molar-refractivity contribution is 7.99. The lowest BCUT2D eigenvalue weighted by atomic mass is 10.2. The van der Waals surface area contributed by atoms with Gasteiger partial charge in [0.05, 0.1) is 11.3 Å². The summed E-state index contributed by atoms with van der Waals surface area (Å²) in [7, 11) is 1.85. The fourth-order valence-corrected chi connectivity index (χ4v) is 3.21. The molecule has 0 spiro atoms. The van der Waals surface area contributed by atoms with Crippen molar-refractivity contribution in [3.63, 3.8) is 0 Å². The molecule has 0 bridgehead atoms. The topological polar surface area (TPSA) is 76.4 Å². The molecule has 20 heavy (non-hydrogen) atoms. The Labute approximate surface area is 122 Å². The zero-order chi connectivity index (χ0) is 14.9. The maximum atomic E-state index is 8.92. The van der Waals surface area contributed by atoms with Crippen LogP contribution in [0.1, 0.15) is 22.4 Å². The Bertz CT molecular complexity index is 676. The Hall–Kier alpha value is -1.95. The molecular formula is C14H18N4OS. The van der Waals surface area contributed by atoms with Crippen molar-refractivity contribution >= 4 is 17.6 Å². The van der Waals surface area contributed by atoms with Crippen molar-refractivity contribution in [1.82, 2.24) is 9.78 Å². The molecule has 0 saturated heterocycles. The number of amidine groups is 1. The molecule has 3 N–H and O–H groups in total. The molecule has 0 amide bonds. The second kappa shape index (κ2) is 5.58. The molecule has 0 saturated carbocycles. The summed E-state index contributed by atoms with van der Waals surface area (Å²) >= 11 is 1.57. The Kier molecular flexibility index (Phi) is 4.04. The van der Waals surface area contributed by atoms with Gasteiger partial charge in [-0.15, -0.1) is 0 Å². The first kappa shape index (κ1) is 14.5. The molecule has 6 heteroatoms. The van der Waals surface area contributed by atoms with E-state index in [1.165, 1.54) is 11.1 Å². The smallest absolute Gasteiger partial charge is 0.174 e. The molecule has 5 nitrogen and oxygen atoms in total. The normalized spacial score (nSPS) is 11.9. The van der Waals surface area contributed by atoms with Crippen LogP contribution in [0, 0.1) is 20.8 Å². The highest BCUT2D eigenvalue weighted by Gasteiger charge is 2.18. The zero-order valence-electron chi connectivity index (χ0n) is 12.0. The summed E-state index contributed by atoms with van der Waals surface area (Å²) in [6.45, 7) is 5.98. The number of aryl methyl sites for hydroxylation is 4. The highest BCUT2D eigenvalue weighted by atomic mass is 32.2.